The number of imidazole rings is 1. The predicted molar refractivity (Wildman–Crippen MR) is 101 cm³/mol. The van der Waals surface area contributed by atoms with Gasteiger partial charge in [0.25, 0.3) is 0 Å². The molecular formula is C20H18N4O2. The van der Waals surface area contributed by atoms with E-state index in [9.17, 15) is 9.59 Å². The third-order valence-corrected chi connectivity index (χ3v) is 3.89. The molecular weight excluding hydrogens is 328 g/mol. The summed E-state index contributed by atoms with van der Waals surface area (Å²) in [6, 6.07) is 12.8. The number of nitrogens with zero attached hydrogens (tertiary/aromatic N) is 2. The largest absolute Gasteiger partial charge is 0.366 e. The Hall–Kier alpha value is -3.67. The number of aryl methyl sites for hydroxylation is 1. The van der Waals surface area contributed by atoms with Crippen molar-refractivity contribution in [3.63, 3.8) is 0 Å². The molecule has 0 saturated heterocycles. The van der Waals surface area contributed by atoms with Crippen molar-refractivity contribution in [1.29, 1.82) is 0 Å². The smallest absolute Gasteiger partial charge is 0.249 e. The Morgan fingerprint density at radius 2 is 1.92 bits per heavy atom. The van der Waals surface area contributed by atoms with Gasteiger partial charge in [0.2, 0.25) is 11.8 Å². The number of carbonyl (C=O) groups excluding carboxylic acids is 2. The molecule has 130 valence electrons. The summed E-state index contributed by atoms with van der Waals surface area (Å²) in [5.41, 5.74) is 8.89. The summed E-state index contributed by atoms with van der Waals surface area (Å²) in [7, 11) is 0. The summed E-state index contributed by atoms with van der Waals surface area (Å²) in [6.07, 6.45) is 8.46. The summed E-state index contributed by atoms with van der Waals surface area (Å²) in [4.78, 5) is 27.5. The first-order valence-electron chi connectivity index (χ1n) is 8.01. The molecule has 3 rings (SSSR count). The lowest BCUT2D eigenvalue weighted by Gasteiger charge is -2.06. The van der Waals surface area contributed by atoms with Gasteiger partial charge in [-0.15, -0.1) is 0 Å². The van der Waals surface area contributed by atoms with E-state index in [2.05, 4.69) is 10.3 Å². The molecule has 0 atom stereocenters. The molecule has 3 N–H and O–H groups in total. The lowest BCUT2D eigenvalue weighted by Crippen LogP contribution is -2.14. The Morgan fingerprint density at radius 1 is 1.15 bits per heavy atom. The number of anilines is 1. The van der Waals surface area contributed by atoms with E-state index in [1.807, 2.05) is 35.0 Å². The fourth-order valence-electron chi connectivity index (χ4n) is 2.49. The third kappa shape index (κ3) is 4.05. The van der Waals surface area contributed by atoms with Gasteiger partial charge >= 0.3 is 0 Å². The standard InChI is InChI=1S/C20H18N4O2/c1-14-2-6-16(12-18(14)20(21)26)23-19(25)9-5-15-3-7-17(8-4-15)24-11-10-22-13-24/h2-13H,1H3,(H2,21,26)(H,23,25)/b9-5-. The van der Waals surface area contributed by atoms with Gasteiger partial charge in [0, 0.05) is 35.4 Å². The zero-order valence-corrected chi connectivity index (χ0v) is 14.2. The van der Waals surface area contributed by atoms with Gasteiger partial charge in [-0.2, -0.15) is 0 Å². The van der Waals surface area contributed by atoms with E-state index in [-0.39, 0.29) is 5.91 Å². The first-order chi connectivity index (χ1) is 12.5. The molecule has 0 fully saturated rings. The van der Waals surface area contributed by atoms with Crippen molar-refractivity contribution in [2.75, 3.05) is 5.32 Å². The lowest BCUT2D eigenvalue weighted by molar-refractivity contribution is -0.111. The summed E-state index contributed by atoms with van der Waals surface area (Å²) in [5, 5.41) is 2.72. The maximum Gasteiger partial charge on any atom is 0.249 e. The third-order valence-electron chi connectivity index (χ3n) is 3.89. The number of nitrogens with two attached hydrogens (primary N) is 1. The second-order valence-corrected chi connectivity index (χ2v) is 5.78. The van der Waals surface area contributed by atoms with Gasteiger partial charge in [0.1, 0.15) is 0 Å². The molecule has 0 saturated carbocycles. The number of aromatic nitrogens is 2. The molecule has 6 heteroatoms. The zero-order valence-electron chi connectivity index (χ0n) is 14.2. The van der Waals surface area contributed by atoms with Gasteiger partial charge in [0.05, 0.1) is 6.33 Å². The number of primary amides is 1. The van der Waals surface area contributed by atoms with Crippen LogP contribution >= 0.6 is 0 Å². The number of hydrogen-bond acceptors (Lipinski definition) is 3. The number of carbonyl (C=O) groups is 2. The minimum absolute atomic E-state index is 0.289. The second-order valence-electron chi connectivity index (χ2n) is 5.78. The van der Waals surface area contributed by atoms with E-state index < -0.39 is 5.91 Å². The van der Waals surface area contributed by atoms with Crippen LogP contribution in [0.25, 0.3) is 11.8 Å². The van der Waals surface area contributed by atoms with Crippen LogP contribution in [0, 0.1) is 6.92 Å². The topological polar surface area (TPSA) is 90.0 Å². The molecule has 26 heavy (non-hydrogen) atoms. The minimum atomic E-state index is -0.521. The maximum absolute atomic E-state index is 12.1. The van der Waals surface area contributed by atoms with Crippen LogP contribution in [-0.4, -0.2) is 21.4 Å². The Labute approximate surface area is 151 Å². The zero-order chi connectivity index (χ0) is 18.5. The summed E-state index contributed by atoms with van der Waals surface area (Å²) < 4.78 is 1.90. The van der Waals surface area contributed by atoms with Gasteiger partial charge < -0.3 is 15.6 Å². The van der Waals surface area contributed by atoms with E-state index in [1.165, 1.54) is 6.08 Å². The normalized spacial score (nSPS) is 10.8. The van der Waals surface area contributed by atoms with Crippen LogP contribution in [0.15, 0.2) is 67.3 Å². The quantitative estimate of drug-likeness (QED) is 0.696. The van der Waals surface area contributed by atoms with Crippen LogP contribution in [0.3, 0.4) is 0 Å². The SMILES string of the molecule is Cc1ccc(NC(=O)/C=C\c2ccc(-n3ccnc3)cc2)cc1C(N)=O. The molecule has 0 aliphatic heterocycles. The Morgan fingerprint density at radius 3 is 2.58 bits per heavy atom. The number of nitrogens with one attached hydrogen (secondary N) is 1. The monoisotopic (exact) mass is 346 g/mol. The minimum Gasteiger partial charge on any atom is -0.366 e. The molecule has 1 heterocycles. The summed E-state index contributed by atoms with van der Waals surface area (Å²) in [5.74, 6) is -0.810. The van der Waals surface area contributed by atoms with E-state index in [1.54, 1.807) is 43.7 Å². The molecule has 0 spiro atoms. The average molecular weight is 346 g/mol. The highest BCUT2D eigenvalue weighted by Crippen LogP contribution is 2.15. The Kier molecular flexibility index (Phi) is 4.94. The van der Waals surface area contributed by atoms with Crippen LogP contribution in [0.2, 0.25) is 0 Å². The van der Waals surface area contributed by atoms with Gasteiger partial charge in [0.15, 0.2) is 0 Å². The fraction of sp³-hybridized carbons (Fsp3) is 0.0500. The average Bonchev–Trinajstić information content (AvgIpc) is 3.16. The van der Waals surface area contributed by atoms with Gasteiger partial charge in [-0.05, 0) is 48.4 Å². The fourth-order valence-corrected chi connectivity index (χ4v) is 2.49. The van der Waals surface area contributed by atoms with E-state index in [0.29, 0.717) is 11.3 Å². The molecule has 2 amide bonds. The van der Waals surface area contributed by atoms with Crippen molar-refractivity contribution in [1.82, 2.24) is 9.55 Å². The summed E-state index contributed by atoms with van der Waals surface area (Å²) >= 11 is 0. The Bertz CT molecular complexity index is 958. The van der Waals surface area contributed by atoms with E-state index in [0.717, 1.165) is 16.8 Å². The predicted octanol–water partition coefficient (Wildman–Crippen LogP) is 2.93. The van der Waals surface area contributed by atoms with Gasteiger partial charge in [-0.25, -0.2) is 4.98 Å². The molecule has 0 unspecified atom stereocenters. The molecule has 0 bridgehead atoms. The Balaban J connectivity index is 1.66. The molecule has 0 aliphatic carbocycles. The lowest BCUT2D eigenvalue weighted by atomic mass is 10.1. The summed E-state index contributed by atoms with van der Waals surface area (Å²) in [6.45, 7) is 1.79. The number of amides is 2. The highest BCUT2D eigenvalue weighted by atomic mass is 16.1. The number of benzene rings is 2. The first kappa shape index (κ1) is 17.2. The molecule has 0 aliphatic rings. The van der Waals surface area contributed by atoms with Crippen LogP contribution < -0.4 is 11.1 Å². The van der Waals surface area contributed by atoms with E-state index in [4.69, 9.17) is 5.73 Å². The van der Waals surface area contributed by atoms with Crippen molar-refractivity contribution in [3.05, 3.63) is 84.0 Å². The van der Waals surface area contributed by atoms with Crippen LogP contribution in [0.5, 0.6) is 0 Å². The highest BCUT2D eigenvalue weighted by molar-refractivity contribution is 6.03. The van der Waals surface area contributed by atoms with Crippen molar-refractivity contribution in [2.24, 2.45) is 5.73 Å². The van der Waals surface area contributed by atoms with Crippen molar-refractivity contribution >= 4 is 23.6 Å². The second kappa shape index (κ2) is 7.48. The number of hydrogen-bond donors (Lipinski definition) is 2. The maximum atomic E-state index is 12.1. The molecule has 6 nitrogen and oxygen atoms in total. The molecule has 0 radical (unpaired) electrons. The van der Waals surface area contributed by atoms with Crippen molar-refractivity contribution in [2.45, 2.75) is 6.92 Å². The van der Waals surface area contributed by atoms with Crippen LogP contribution in [-0.2, 0) is 4.79 Å². The first-order valence-corrected chi connectivity index (χ1v) is 8.01. The molecule has 3 aromatic rings. The van der Waals surface area contributed by atoms with Crippen molar-refractivity contribution in [3.8, 4) is 5.69 Å². The van der Waals surface area contributed by atoms with Crippen LogP contribution in [0.4, 0.5) is 5.69 Å². The number of rotatable bonds is 5. The van der Waals surface area contributed by atoms with Gasteiger partial charge in [-0.3, -0.25) is 9.59 Å². The highest BCUT2D eigenvalue weighted by Gasteiger charge is 2.07. The molecule has 2 aromatic carbocycles. The van der Waals surface area contributed by atoms with E-state index >= 15 is 0 Å². The van der Waals surface area contributed by atoms with Crippen LogP contribution in [0.1, 0.15) is 21.5 Å². The van der Waals surface area contributed by atoms with Crippen molar-refractivity contribution < 1.29 is 9.59 Å². The molecule has 1 aromatic heterocycles. The van der Waals surface area contributed by atoms with Gasteiger partial charge in [-0.1, -0.05) is 18.2 Å².